The molecule has 3 amide bonds. The quantitative estimate of drug-likeness (QED) is 0.703. The minimum atomic E-state index is -0.490. The normalized spacial score (nSPS) is 23.5. The molecular formula is C19H27N5O3. The molecule has 0 bridgehead atoms. The first-order chi connectivity index (χ1) is 13.0. The number of imide groups is 1. The van der Waals surface area contributed by atoms with Gasteiger partial charge in [-0.05, 0) is 24.5 Å². The Morgan fingerprint density at radius 2 is 1.96 bits per heavy atom. The third kappa shape index (κ3) is 4.32. The van der Waals surface area contributed by atoms with Gasteiger partial charge in [0.15, 0.2) is 12.0 Å². The van der Waals surface area contributed by atoms with Crippen LogP contribution in [-0.4, -0.2) is 66.6 Å². The highest BCUT2D eigenvalue weighted by Crippen LogP contribution is 2.21. The number of amides is 3. The van der Waals surface area contributed by atoms with Gasteiger partial charge in [-0.25, -0.2) is 4.79 Å². The Bertz CT molecular complexity index is 707. The number of nitrogens with one attached hydrogen (secondary N) is 2. The van der Waals surface area contributed by atoms with Crippen molar-refractivity contribution in [1.82, 2.24) is 20.4 Å². The molecule has 146 valence electrons. The molecule has 2 N–H and O–H groups in total. The van der Waals surface area contributed by atoms with Gasteiger partial charge in [-0.2, -0.15) is 0 Å². The topological polar surface area (TPSA) is 86.3 Å². The smallest absolute Gasteiger partial charge is 0.325 e. The van der Waals surface area contributed by atoms with Crippen LogP contribution >= 0.6 is 0 Å². The third-order valence-corrected chi connectivity index (χ3v) is 4.58. The first kappa shape index (κ1) is 19.0. The molecular weight excluding hydrogens is 346 g/mol. The summed E-state index contributed by atoms with van der Waals surface area (Å²) in [6.45, 7) is 5.97. The molecule has 0 spiro atoms. The van der Waals surface area contributed by atoms with Crippen LogP contribution in [0.2, 0.25) is 0 Å². The molecule has 2 aliphatic rings. The molecule has 2 heterocycles. The van der Waals surface area contributed by atoms with E-state index in [9.17, 15) is 9.59 Å². The summed E-state index contributed by atoms with van der Waals surface area (Å²) < 4.78 is 5.75. The number of likely N-dealkylation sites (N-methyl/N-ethyl adjacent to an activating group) is 1. The summed E-state index contributed by atoms with van der Waals surface area (Å²) in [7, 11) is 1.68. The number of nitrogens with zero attached hydrogens (tertiary/aromatic N) is 3. The SMILES string of the molecule is CC(C)CN=C1NC2C(C(=O)NC(=O)N2C)N1CCCOc1ccccc1. The van der Waals surface area contributed by atoms with E-state index in [1.165, 1.54) is 4.90 Å². The lowest BCUT2D eigenvalue weighted by molar-refractivity contribution is -0.127. The van der Waals surface area contributed by atoms with Gasteiger partial charge in [0, 0.05) is 20.1 Å². The Balaban J connectivity index is 1.67. The van der Waals surface area contributed by atoms with Crippen molar-refractivity contribution >= 4 is 17.9 Å². The van der Waals surface area contributed by atoms with Crippen LogP contribution in [0, 0.1) is 5.92 Å². The average molecular weight is 373 g/mol. The summed E-state index contributed by atoms with van der Waals surface area (Å²) in [5.41, 5.74) is 0. The number of carbonyl (C=O) groups is 2. The Kier molecular flexibility index (Phi) is 5.83. The molecule has 2 fully saturated rings. The summed E-state index contributed by atoms with van der Waals surface area (Å²) >= 11 is 0. The predicted octanol–water partition coefficient (Wildman–Crippen LogP) is 1.25. The van der Waals surface area contributed by atoms with Crippen molar-refractivity contribution in [1.29, 1.82) is 0 Å². The van der Waals surface area contributed by atoms with Crippen molar-refractivity contribution in [3.8, 4) is 5.75 Å². The Labute approximate surface area is 159 Å². The number of ether oxygens (including phenoxy) is 1. The molecule has 2 aliphatic heterocycles. The van der Waals surface area contributed by atoms with E-state index in [0.29, 0.717) is 31.6 Å². The van der Waals surface area contributed by atoms with E-state index < -0.39 is 18.2 Å². The lowest BCUT2D eigenvalue weighted by Gasteiger charge is -2.35. The zero-order valence-electron chi connectivity index (χ0n) is 16.0. The van der Waals surface area contributed by atoms with E-state index in [2.05, 4.69) is 29.5 Å². The zero-order chi connectivity index (χ0) is 19.4. The number of carbonyl (C=O) groups excluding carboxylic acids is 2. The molecule has 0 radical (unpaired) electrons. The number of guanidine groups is 1. The molecule has 8 nitrogen and oxygen atoms in total. The predicted molar refractivity (Wildman–Crippen MR) is 102 cm³/mol. The van der Waals surface area contributed by atoms with Crippen molar-refractivity contribution in [2.24, 2.45) is 10.9 Å². The van der Waals surface area contributed by atoms with Gasteiger partial charge in [-0.1, -0.05) is 32.0 Å². The van der Waals surface area contributed by atoms with Gasteiger partial charge in [0.1, 0.15) is 11.9 Å². The maximum Gasteiger partial charge on any atom is 0.325 e. The lowest BCUT2D eigenvalue weighted by atomic mass is 10.1. The van der Waals surface area contributed by atoms with E-state index in [0.717, 1.165) is 12.2 Å². The van der Waals surface area contributed by atoms with Crippen LogP contribution in [-0.2, 0) is 4.79 Å². The highest BCUT2D eigenvalue weighted by molar-refractivity contribution is 6.04. The second kappa shape index (κ2) is 8.28. The highest BCUT2D eigenvalue weighted by Gasteiger charge is 2.49. The first-order valence-electron chi connectivity index (χ1n) is 9.30. The van der Waals surface area contributed by atoms with E-state index in [1.807, 2.05) is 35.2 Å². The van der Waals surface area contributed by atoms with Crippen LogP contribution in [0.3, 0.4) is 0 Å². The number of para-hydroxylation sites is 1. The second-order valence-electron chi connectivity index (χ2n) is 7.21. The van der Waals surface area contributed by atoms with Gasteiger partial charge in [-0.3, -0.25) is 15.1 Å². The molecule has 1 aromatic rings. The van der Waals surface area contributed by atoms with Crippen LogP contribution in [0.1, 0.15) is 20.3 Å². The van der Waals surface area contributed by atoms with Gasteiger partial charge in [0.2, 0.25) is 0 Å². The zero-order valence-corrected chi connectivity index (χ0v) is 16.0. The summed E-state index contributed by atoms with van der Waals surface area (Å²) in [6, 6.07) is 8.75. The molecule has 27 heavy (non-hydrogen) atoms. The maximum absolute atomic E-state index is 12.5. The van der Waals surface area contributed by atoms with Crippen molar-refractivity contribution < 1.29 is 14.3 Å². The molecule has 2 saturated heterocycles. The van der Waals surface area contributed by atoms with Gasteiger partial charge in [-0.15, -0.1) is 0 Å². The summed E-state index contributed by atoms with van der Waals surface area (Å²) in [6.07, 6.45) is 0.318. The standard InChI is InChI=1S/C19H27N5O3/c1-13(2)12-20-18-21-16-15(17(25)22-19(26)23(16)3)24(18)10-7-11-27-14-8-5-4-6-9-14/h4-6,8-9,13,15-16H,7,10-12H2,1-3H3,(H,20,21)(H,22,25,26). The van der Waals surface area contributed by atoms with Crippen LogP contribution in [0.5, 0.6) is 5.75 Å². The molecule has 2 unspecified atom stereocenters. The summed E-state index contributed by atoms with van der Waals surface area (Å²) in [5, 5.41) is 5.66. The Morgan fingerprint density at radius 3 is 2.67 bits per heavy atom. The minimum Gasteiger partial charge on any atom is -0.494 e. The number of fused-ring (bicyclic) bond motifs is 1. The monoisotopic (exact) mass is 373 g/mol. The highest BCUT2D eigenvalue weighted by atomic mass is 16.5. The largest absolute Gasteiger partial charge is 0.494 e. The minimum absolute atomic E-state index is 0.297. The van der Waals surface area contributed by atoms with Gasteiger partial charge in [0.25, 0.3) is 5.91 Å². The maximum atomic E-state index is 12.5. The molecule has 0 aromatic heterocycles. The van der Waals surface area contributed by atoms with E-state index in [-0.39, 0.29) is 5.91 Å². The van der Waals surface area contributed by atoms with Crippen LogP contribution in [0.4, 0.5) is 4.79 Å². The fraction of sp³-hybridized carbons (Fsp3) is 0.526. The van der Waals surface area contributed by atoms with Crippen molar-refractivity contribution in [2.45, 2.75) is 32.5 Å². The number of benzene rings is 1. The number of hydrogen-bond acceptors (Lipinski definition) is 4. The van der Waals surface area contributed by atoms with E-state index in [1.54, 1.807) is 7.05 Å². The Morgan fingerprint density at radius 1 is 1.22 bits per heavy atom. The molecule has 8 heteroatoms. The Hall–Kier alpha value is -2.77. The van der Waals surface area contributed by atoms with Gasteiger partial charge >= 0.3 is 6.03 Å². The van der Waals surface area contributed by atoms with E-state index >= 15 is 0 Å². The molecule has 3 rings (SSSR count). The van der Waals surface area contributed by atoms with Crippen LogP contribution in [0.25, 0.3) is 0 Å². The summed E-state index contributed by atoms with van der Waals surface area (Å²) in [4.78, 5) is 32.5. The number of urea groups is 1. The summed E-state index contributed by atoms with van der Waals surface area (Å²) in [5.74, 6) is 1.59. The fourth-order valence-electron chi connectivity index (χ4n) is 3.18. The fourth-order valence-corrected chi connectivity index (χ4v) is 3.18. The number of rotatable bonds is 7. The van der Waals surface area contributed by atoms with Crippen molar-refractivity contribution in [3.05, 3.63) is 30.3 Å². The molecule has 2 atom stereocenters. The average Bonchev–Trinajstić information content (AvgIpc) is 3.02. The first-order valence-corrected chi connectivity index (χ1v) is 9.30. The molecule has 0 aliphatic carbocycles. The van der Waals surface area contributed by atoms with Gasteiger partial charge < -0.3 is 19.9 Å². The number of aliphatic imine (C=N–C) groups is 1. The van der Waals surface area contributed by atoms with Gasteiger partial charge in [0.05, 0.1) is 6.61 Å². The lowest BCUT2D eigenvalue weighted by Crippen LogP contribution is -2.64. The van der Waals surface area contributed by atoms with Crippen LogP contribution in [0.15, 0.2) is 35.3 Å². The third-order valence-electron chi connectivity index (χ3n) is 4.58. The second-order valence-corrected chi connectivity index (χ2v) is 7.21. The van der Waals surface area contributed by atoms with Crippen molar-refractivity contribution in [2.75, 3.05) is 26.7 Å². The molecule has 0 saturated carbocycles. The van der Waals surface area contributed by atoms with Crippen LogP contribution < -0.4 is 15.4 Å². The number of hydrogen-bond donors (Lipinski definition) is 2. The van der Waals surface area contributed by atoms with E-state index in [4.69, 9.17) is 4.74 Å². The molecule has 1 aromatic carbocycles. The van der Waals surface area contributed by atoms with Crippen molar-refractivity contribution in [3.63, 3.8) is 0 Å².